The Morgan fingerprint density at radius 2 is 1.89 bits per heavy atom. The van der Waals surface area contributed by atoms with Gasteiger partial charge >= 0.3 is 0 Å². The van der Waals surface area contributed by atoms with E-state index in [0.717, 1.165) is 4.47 Å². The molecule has 100 valence electrons. The summed E-state index contributed by atoms with van der Waals surface area (Å²) in [5.74, 6) is -0.0994. The molecule has 1 amide bonds. The summed E-state index contributed by atoms with van der Waals surface area (Å²) >= 11 is 15.3. The molecule has 0 fully saturated rings. The van der Waals surface area contributed by atoms with Crippen molar-refractivity contribution in [2.75, 3.05) is 11.9 Å². The number of rotatable bonds is 3. The molecule has 3 nitrogen and oxygen atoms in total. The van der Waals surface area contributed by atoms with Crippen molar-refractivity contribution in [3.63, 3.8) is 0 Å². The molecule has 1 aromatic carbocycles. The third-order valence-corrected chi connectivity index (χ3v) is 3.76. The Morgan fingerprint density at radius 3 is 2.44 bits per heavy atom. The highest BCUT2D eigenvalue weighted by Gasteiger charge is 2.14. The van der Waals surface area contributed by atoms with E-state index in [0.29, 0.717) is 15.7 Å². The number of hydrogen-bond donors (Lipinski definition) is 2. The molecule has 0 aliphatic carbocycles. The molecular formula is C12H15BrCl2N2O. The van der Waals surface area contributed by atoms with Crippen molar-refractivity contribution in [1.29, 1.82) is 0 Å². The van der Waals surface area contributed by atoms with Crippen LogP contribution < -0.4 is 10.6 Å². The first-order chi connectivity index (χ1) is 8.20. The van der Waals surface area contributed by atoms with Gasteiger partial charge in [-0.15, -0.1) is 0 Å². The standard InChI is InChI=1S/C12H15BrCl2N2O/c1-12(2,3)17-9(18)6-16-8-5-4-7(13)10(14)11(8)15/h4-5,16H,6H2,1-3H3,(H,17,18). The van der Waals surface area contributed by atoms with Crippen molar-refractivity contribution >= 4 is 50.7 Å². The predicted octanol–water partition coefficient (Wildman–Crippen LogP) is 4.08. The van der Waals surface area contributed by atoms with Crippen molar-refractivity contribution in [2.45, 2.75) is 26.3 Å². The first-order valence-corrected chi connectivity index (χ1v) is 6.94. The number of amides is 1. The molecule has 0 spiro atoms. The number of anilines is 1. The zero-order valence-corrected chi connectivity index (χ0v) is 13.5. The van der Waals surface area contributed by atoms with E-state index in [9.17, 15) is 4.79 Å². The van der Waals surface area contributed by atoms with Gasteiger partial charge in [0.15, 0.2) is 0 Å². The van der Waals surface area contributed by atoms with Crippen LogP contribution in [-0.4, -0.2) is 18.0 Å². The third kappa shape index (κ3) is 4.67. The van der Waals surface area contributed by atoms with Crippen LogP contribution in [-0.2, 0) is 4.79 Å². The lowest BCUT2D eigenvalue weighted by molar-refractivity contribution is -0.120. The highest BCUT2D eigenvalue weighted by Crippen LogP contribution is 2.35. The molecule has 0 aliphatic heterocycles. The average Bonchev–Trinajstić information content (AvgIpc) is 2.22. The zero-order valence-electron chi connectivity index (χ0n) is 10.4. The van der Waals surface area contributed by atoms with Crippen LogP contribution in [0, 0.1) is 0 Å². The minimum atomic E-state index is -0.250. The number of nitrogens with one attached hydrogen (secondary N) is 2. The first kappa shape index (κ1) is 15.6. The summed E-state index contributed by atoms with van der Waals surface area (Å²) in [4.78, 5) is 11.6. The van der Waals surface area contributed by atoms with Crippen LogP contribution in [0.3, 0.4) is 0 Å². The predicted molar refractivity (Wildman–Crippen MR) is 80.5 cm³/mol. The highest BCUT2D eigenvalue weighted by atomic mass is 79.9. The summed E-state index contributed by atoms with van der Waals surface area (Å²) in [7, 11) is 0. The molecule has 0 atom stereocenters. The molecule has 6 heteroatoms. The maximum absolute atomic E-state index is 11.6. The summed E-state index contributed by atoms with van der Waals surface area (Å²) in [6.07, 6.45) is 0. The lowest BCUT2D eigenvalue weighted by Gasteiger charge is -2.21. The lowest BCUT2D eigenvalue weighted by atomic mass is 10.1. The van der Waals surface area contributed by atoms with Crippen molar-refractivity contribution in [3.8, 4) is 0 Å². The maximum Gasteiger partial charge on any atom is 0.239 e. The second kappa shape index (κ2) is 6.13. The fourth-order valence-corrected chi connectivity index (χ4v) is 2.14. The molecule has 2 N–H and O–H groups in total. The average molecular weight is 354 g/mol. The van der Waals surface area contributed by atoms with E-state index in [4.69, 9.17) is 23.2 Å². The van der Waals surface area contributed by atoms with E-state index in [1.54, 1.807) is 12.1 Å². The fraction of sp³-hybridized carbons (Fsp3) is 0.417. The maximum atomic E-state index is 11.6. The van der Waals surface area contributed by atoms with Gasteiger partial charge in [-0.25, -0.2) is 0 Å². The molecule has 0 saturated carbocycles. The van der Waals surface area contributed by atoms with Crippen LogP contribution >= 0.6 is 39.1 Å². The first-order valence-electron chi connectivity index (χ1n) is 5.39. The number of hydrogen-bond acceptors (Lipinski definition) is 2. The van der Waals surface area contributed by atoms with Crippen LogP contribution in [0.25, 0.3) is 0 Å². The fourth-order valence-electron chi connectivity index (χ4n) is 1.30. The molecule has 0 heterocycles. The van der Waals surface area contributed by atoms with Crippen LogP contribution in [0.1, 0.15) is 20.8 Å². The molecule has 0 unspecified atom stereocenters. The van der Waals surface area contributed by atoms with Crippen LogP contribution in [0.4, 0.5) is 5.69 Å². The van der Waals surface area contributed by atoms with E-state index in [1.807, 2.05) is 20.8 Å². The quantitative estimate of drug-likeness (QED) is 0.804. The monoisotopic (exact) mass is 352 g/mol. The van der Waals surface area contributed by atoms with E-state index in [-0.39, 0.29) is 18.0 Å². The third-order valence-electron chi connectivity index (χ3n) is 1.99. The topological polar surface area (TPSA) is 41.1 Å². The second-order valence-electron chi connectivity index (χ2n) is 4.87. The molecule has 0 saturated heterocycles. The van der Waals surface area contributed by atoms with Gasteiger partial charge in [-0.3, -0.25) is 4.79 Å². The van der Waals surface area contributed by atoms with Gasteiger partial charge in [-0.05, 0) is 48.8 Å². The summed E-state index contributed by atoms with van der Waals surface area (Å²) in [5.41, 5.74) is 0.383. The molecule has 0 radical (unpaired) electrons. The molecule has 0 aromatic heterocycles. The minimum Gasteiger partial charge on any atom is -0.375 e. The molecule has 1 rings (SSSR count). The van der Waals surface area contributed by atoms with Gasteiger partial charge in [-0.2, -0.15) is 0 Å². The Hall–Kier alpha value is -0.450. The molecule has 1 aromatic rings. The van der Waals surface area contributed by atoms with E-state index in [2.05, 4.69) is 26.6 Å². The summed E-state index contributed by atoms with van der Waals surface area (Å²) < 4.78 is 0.721. The van der Waals surface area contributed by atoms with E-state index < -0.39 is 0 Å². The van der Waals surface area contributed by atoms with Crippen molar-refractivity contribution in [1.82, 2.24) is 5.32 Å². The number of carbonyl (C=O) groups is 1. The Labute approximate surface area is 125 Å². The van der Waals surface area contributed by atoms with Crippen molar-refractivity contribution in [3.05, 3.63) is 26.7 Å². The molecule has 0 bridgehead atoms. The SMILES string of the molecule is CC(C)(C)NC(=O)CNc1ccc(Br)c(Cl)c1Cl. The number of halogens is 3. The number of benzene rings is 1. The van der Waals surface area contributed by atoms with Gasteiger partial charge in [0.05, 0.1) is 22.3 Å². The molecular weight excluding hydrogens is 339 g/mol. The van der Waals surface area contributed by atoms with E-state index in [1.165, 1.54) is 0 Å². The summed E-state index contributed by atoms with van der Waals surface area (Å²) in [6.45, 7) is 5.92. The lowest BCUT2D eigenvalue weighted by Crippen LogP contribution is -2.43. The van der Waals surface area contributed by atoms with Crippen LogP contribution in [0.2, 0.25) is 10.0 Å². The minimum absolute atomic E-state index is 0.0994. The Morgan fingerprint density at radius 1 is 1.28 bits per heavy atom. The molecule has 18 heavy (non-hydrogen) atoms. The summed E-state index contributed by atoms with van der Waals surface area (Å²) in [6, 6.07) is 3.54. The van der Waals surface area contributed by atoms with Crippen molar-refractivity contribution in [2.24, 2.45) is 0 Å². The molecule has 0 aliphatic rings. The normalized spacial score (nSPS) is 11.2. The van der Waals surface area contributed by atoms with Crippen LogP contribution in [0.5, 0.6) is 0 Å². The van der Waals surface area contributed by atoms with Gasteiger partial charge < -0.3 is 10.6 Å². The smallest absolute Gasteiger partial charge is 0.239 e. The summed E-state index contributed by atoms with van der Waals surface area (Å²) in [5, 5.41) is 6.63. The van der Waals surface area contributed by atoms with Gasteiger partial charge in [0.25, 0.3) is 0 Å². The van der Waals surface area contributed by atoms with Gasteiger partial charge in [0, 0.05) is 10.0 Å². The van der Waals surface area contributed by atoms with E-state index >= 15 is 0 Å². The zero-order chi connectivity index (χ0) is 13.9. The Bertz CT molecular complexity index is 458. The van der Waals surface area contributed by atoms with Gasteiger partial charge in [-0.1, -0.05) is 23.2 Å². The number of carbonyl (C=O) groups excluding carboxylic acids is 1. The Kier molecular flexibility index (Phi) is 5.32. The van der Waals surface area contributed by atoms with Crippen molar-refractivity contribution < 1.29 is 4.79 Å². The van der Waals surface area contributed by atoms with Gasteiger partial charge in [0.2, 0.25) is 5.91 Å². The highest BCUT2D eigenvalue weighted by molar-refractivity contribution is 9.10. The van der Waals surface area contributed by atoms with Gasteiger partial charge in [0.1, 0.15) is 0 Å². The second-order valence-corrected chi connectivity index (χ2v) is 6.48. The van der Waals surface area contributed by atoms with Crippen LogP contribution in [0.15, 0.2) is 16.6 Å². The largest absolute Gasteiger partial charge is 0.375 e. The Balaban J connectivity index is 2.65.